The van der Waals surface area contributed by atoms with Gasteiger partial charge in [-0.15, -0.1) is 0 Å². The van der Waals surface area contributed by atoms with Gasteiger partial charge < -0.3 is 10.0 Å². The first-order valence-electron chi connectivity index (χ1n) is 8.65. The number of amides is 2. The highest BCUT2D eigenvalue weighted by molar-refractivity contribution is 5.82. The van der Waals surface area contributed by atoms with E-state index in [1.54, 1.807) is 19.1 Å². The summed E-state index contributed by atoms with van der Waals surface area (Å²) in [6, 6.07) is 3.70. The van der Waals surface area contributed by atoms with Crippen LogP contribution < -0.4 is 5.32 Å². The molecule has 0 spiro atoms. The Labute approximate surface area is 151 Å². The van der Waals surface area contributed by atoms with Crippen molar-refractivity contribution >= 4 is 17.8 Å². The molecule has 9 heteroatoms. The van der Waals surface area contributed by atoms with Crippen LogP contribution in [0.3, 0.4) is 0 Å². The lowest BCUT2D eigenvalue weighted by Gasteiger charge is -2.20. The van der Waals surface area contributed by atoms with Crippen molar-refractivity contribution in [1.29, 1.82) is 0 Å². The normalized spacial score (nSPS) is 13.5. The van der Waals surface area contributed by atoms with Crippen LogP contribution in [0.5, 0.6) is 0 Å². The molecule has 138 valence electrons. The van der Waals surface area contributed by atoms with E-state index in [1.165, 1.54) is 6.20 Å². The summed E-state index contributed by atoms with van der Waals surface area (Å²) in [5.41, 5.74) is 0.683. The van der Waals surface area contributed by atoms with Gasteiger partial charge in [-0.2, -0.15) is 5.10 Å². The Morgan fingerprint density at radius 2 is 2.19 bits per heavy atom. The first-order chi connectivity index (χ1) is 12.5. The Balaban J connectivity index is 1.78. The molecular formula is C17H22N6O3. The predicted octanol–water partition coefficient (Wildman–Crippen LogP) is 2.00. The van der Waals surface area contributed by atoms with E-state index in [0.717, 1.165) is 18.7 Å². The van der Waals surface area contributed by atoms with Gasteiger partial charge in [0.05, 0.1) is 6.54 Å². The molecule has 0 aliphatic heterocycles. The number of aryl methyl sites for hydroxylation is 1. The van der Waals surface area contributed by atoms with E-state index in [-0.39, 0.29) is 11.7 Å². The van der Waals surface area contributed by atoms with Crippen molar-refractivity contribution in [3.05, 3.63) is 24.2 Å². The molecule has 2 amide bonds. The van der Waals surface area contributed by atoms with Crippen LogP contribution in [0.4, 0.5) is 10.6 Å². The van der Waals surface area contributed by atoms with Gasteiger partial charge in [-0.1, -0.05) is 6.92 Å². The molecule has 0 atom stereocenters. The first kappa shape index (κ1) is 17.8. The Morgan fingerprint density at radius 1 is 1.42 bits per heavy atom. The van der Waals surface area contributed by atoms with Crippen LogP contribution in [-0.2, 0) is 17.8 Å². The molecule has 0 saturated heterocycles. The zero-order valence-electron chi connectivity index (χ0n) is 14.8. The lowest BCUT2D eigenvalue weighted by molar-refractivity contribution is -0.129. The molecule has 1 aliphatic rings. The lowest BCUT2D eigenvalue weighted by Crippen LogP contribution is -2.34. The summed E-state index contributed by atoms with van der Waals surface area (Å²) in [5.74, 6) is 1.65. The van der Waals surface area contributed by atoms with Crippen molar-refractivity contribution in [3.8, 4) is 11.4 Å². The number of aromatic nitrogens is 4. The summed E-state index contributed by atoms with van der Waals surface area (Å²) in [7, 11) is 0. The quantitative estimate of drug-likeness (QED) is 0.783. The number of pyridine rings is 1. The fourth-order valence-corrected chi connectivity index (χ4v) is 2.87. The maximum Gasteiger partial charge on any atom is 0.410 e. The van der Waals surface area contributed by atoms with E-state index >= 15 is 0 Å². The van der Waals surface area contributed by atoms with Crippen LogP contribution >= 0.6 is 0 Å². The van der Waals surface area contributed by atoms with Gasteiger partial charge in [0.2, 0.25) is 5.91 Å². The van der Waals surface area contributed by atoms with E-state index in [1.807, 2.05) is 16.5 Å². The third kappa shape index (κ3) is 4.16. The highest BCUT2D eigenvalue weighted by Gasteiger charge is 2.30. The van der Waals surface area contributed by atoms with Gasteiger partial charge in [-0.25, -0.2) is 19.4 Å². The summed E-state index contributed by atoms with van der Waals surface area (Å²) in [6.45, 7) is 4.78. The molecule has 2 N–H and O–H groups in total. The second-order valence-corrected chi connectivity index (χ2v) is 6.23. The molecule has 2 aromatic rings. The molecule has 0 aromatic carbocycles. The average molecular weight is 358 g/mol. The predicted molar refractivity (Wildman–Crippen MR) is 94.7 cm³/mol. The van der Waals surface area contributed by atoms with Gasteiger partial charge in [0.25, 0.3) is 0 Å². The van der Waals surface area contributed by atoms with Gasteiger partial charge in [-0.05, 0) is 25.0 Å². The minimum absolute atomic E-state index is 0.0874. The zero-order valence-corrected chi connectivity index (χ0v) is 14.8. The molecule has 0 unspecified atom stereocenters. The second-order valence-electron chi connectivity index (χ2n) is 6.23. The second kappa shape index (κ2) is 7.51. The Morgan fingerprint density at radius 3 is 2.81 bits per heavy atom. The van der Waals surface area contributed by atoms with Crippen LogP contribution in [0.15, 0.2) is 18.3 Å². The molecule has 0 radical (unpaired) electrons. The Kier molecular flexibility index (Phi) is 5.15. The SMILES string of the molecule is CCc1nc(-c2ccnc(NC(=O)O)c2)nn1CCN(C(C)=O)C1CC1. The zero-order chi connectivity index (χ0) is 18.7. The van der Waals surface area contributed by atoms with Crippen molar-refractivity contribution in [2.45, 2.75) is 45.7 Å². The molecular weight excluding hydrogens is 336 g/mol. The Hall–Kier alpha value is -2.97. The van der Waals surface area contributed by atoms with Crippen LogP contribution in [0.25, 0.3) is 11.4 Å². The highest BCUT2D eigenvalue weighted by atomic mass is 16.4. The molecule has 1 saturated carbocycles. The number of carbonyl (C=O) groups excluding carboxylic acids is 1. The van der Waals surface area contributed by atoms with E-state index in [0.29, 0.717) is 36.9 Å². The van der Waals surface area contributed by atoms with Crippen LogP contribution in [0, 0.1) is 0 Å². The van der Waals surface area contributed by atoms with E-state index in [9.17, 15) is 9.59 Å². The van der Waals surface area contributed by atoms with Crippen molar-refractivity contribution in [2.24, 2.45) is 0 Å². The average Bonchev–Trinajstić information content (AvgIpc) is 3.33. The minimum atomic E-state index is -1.17. The van der Waals surface area contributed by atoms with Gasteiger partial charge in [0.15, 0.2) is 5.82 Å². The maximum absolute atomic E-state index is 11.8. The highest BCUT2D eigenvalue weighted by Crippen LogP contribution is 2.27. The fourth-order valence-electron chi connectivity index (χ4n) is 2.87. The van der Waals surface area contributed by atoms with Crippen molar-refractivity contribution < 1.29 is 14.7 Å². The number of carbonyl (C=O) groups is 2. The standard InChI is InChI=1S/C17H22N6O3/c1-3-15-20-16(12-6-7-18-14(10-12)19-17(25)26)21-23(15)9-8-22(11(2)24)13-4-5-13/h6-7,10,13H,3-5,8-9H2,1-2H3,(H,18,19)(H,25,26). The number of rotatable bonds is 7. The number of nitrogens with zero attached hydrogens (tertiary/aromatic N) is 5. The molecule has 2 heterocycles. The summed E-state index contributed by atoms with van der Waals surface area (Å²) in [6.07, 6.45) is 3.18. The molecule has 3 rings (SSSR count). The largest absolute Gasteiger partial charge is 0.465 e. The lowest BCUT2D eigenvalue weighted by atomic mass is 10.2. The van der Waals surface area contributed by atoms with Crippen LogP contribution in [0.1, 0.15) is 32.5 Å². The summed E-state index contributed by atoms with van der Waals surface area (Å²) >= 11 is 0. The van der Waals surface area contributed by atoms with E-state index in [4.69, 9.17) is 5.11 Å². The van der Waals surface area contributed by atoms with Gasteiger partial charge in [-0.3, -0.25) is 10.1 Å². The third-order valence-corrected chi connectivity index (χ3v) is 4.26. The number of carboxylic acid groups (broad SMARTS) is 1. The Bertz CT molecular complexity index is 815. The smallest absolute Gasteiger partial charge is 0.410 e. The number of nitrogens with one attached hydrogen (secondary N) is 1. The summed E-state index contributed by atoms with van der Waals surface area (Å²) in [4.78, 5) is 32.9. The van der Waals surface area contributed by atoms with Crippen LogP contribution in [0.2, 0.25) is 0 Å². The topological polar surface area (TPSA) is 113 Å². The van der Waals surface area contributed by atoms with Gasteiger partial charge in [0, 0.05) is 37.7 Å². The molecule has 2 aromatic heterocycles. The molecule has 9 nitrogen and oxygen atoms in total. The van der Waals surface area contributed by atoms with Gasteiger partial charge >= 0.3 is 6.09 Å². The minimum Gasteiger partial charge on any atom is -0.465 e. The number of hydrogen-bond acceptors (Lipinski definition) is 5. The van der Waals surface area contributed by atoms with Gasteiger partial charge in [0.1, 0.15) is 11.6 Å². The molecule has 1 aliphatic carbocycles. The fraction of sp³-hybridized carbons (Fsp3) is 0.471. The third-order valence-electron chi connectivity index (χ3n) is 4.26. The molecule has 1 fully saturated rings. The van der Waals surface area contributed by atoms with E-state index < -0.39 is 6.09 Å². The summed E-state index contributed by atoms with van der Waals surface area (Å²) in [5, 5.41) is 15.6. The number of hydrogen-bond donors (Lipinski definition) is 2. The summed E-state index contributed by atoms with van der Waals surface area (Å²) < 4.78 is 1.82. The van der Waals surface area contributed by atoms with Crippen LogP contribution in [-0.4, -0.2) is 54.3 Å². The van der Waals surface area contributed by atoms with Crippen molar-refractivity contribution in [3.63, 3.8) is 0 Å². The maximum atomic E-state index is 11.8. The molecule has 0 bridgehead atoms. The first-order valence-corrected chi connectivity index (χ1v) is 8.65. The number of anilines is 1. The monoisotopic (exact) mass is 358 g/mol. The van der Waals surface area contributed by atoms with E-state index in [2.05, 4.69) is 20.4 Å². The van der Waals surface area contributed by atoms with Crippen molar-refractivity contribution in [1.82, 2.24) is 24.6 Å². The molecule has 26 heavy (non-hydrogen) atoms. The van der Waals surface area contributed by atoms with Crippen molar-refractivity contribution in [2.75, 3.05) is 11.9 Å².